The molecule has 1 N–H and O–H groups in total. The number of carbonyl (C=O) groups excluding carboxylic acids is 1. The second-order valence-corrected chi connectivity index (χ2v) is 16.6. The minimum Gasteiger partial charge on any atom is -0.507 e. The Labute approximate surface area is 277 Å². The maximum Gasteiger partial charge on any atom is 0.190 e. The Morgan fingerprint density at radius 2 is 1.76 bits per heavy atom. The highest BCUT2D eigenvalue weighted by atomic mass is 16.5. The van der Waals surface area contributed by atoms with Crippen molar-refractivity contribution in [2.75, 3.05) is 13.2 Å². The summed E-state index contributed by atoms with van der Waals surface area (Å²) in [5.41, 5.74) is 3.77. The summed E-state index contributed by atoms with van der Waals surface area (Å²) in [5.74, 6) is 5.78. The number of benzene rings is 2. The molecular weight excluding hydrogens is 568 g/mol. The largest absolute Gasteiger partial charge is 0.507 e. The van der Waals surface area contributed by atoms with Crippen molar-refractivity contribution < 1.29 is 19.4 Å². The van der Waals surface area contributed by atoms with E-state index in [-0.39, 0.29) is 17.6 Å². The molecule has 8 atom stereocenters. The normalized spacial score (nSPS) is 33.8. The number of hydrogen-bond donors (Lipinski definition) is 1. The molecule has 3 saturated carbocycles. The lowest BCUT2D eigenvalue weighted by Gasteiger charge is -2.58. The van der Waals surface area contributed by atoms with E-state index >= 15 is 0 Å². The summed E-state index contributed by atoms with van der Waals surface area (Å²) < 4.78 is 12.7. The van der Waals surface area contributed by atoms with Crippen molar-refractivity contribution in [1.82, 2.24) is 0 Å². The van der Waals surface area contributed by atoms with Gasteiger partial charge in [-0.2, -0.15) is 0 Å². The average Bonchev–Trinajstić information content (AvgIpc) is 3.39. The summed E-state index contributed by atoms with van der Waals surface area (Å²) in [6.07, 6.45) is 20.9. The molecule has 0 aromatic heterocycles. The number of aromatic hydroxyl groups is 1. The highest BCUT2D eigenvalue weighted by Gasteiger charge is 2.59. The molecule has 46 heavy (non-hydrogen) atoms. The third kappa shape index (κ3) is 5.45. The van der Waals surface area contributed by atoms with Crippen LogP contribution in [-0.4, -0.2) is 30.2 Å². The van der Waals surface area contributed by atoms with Crippen LogP contribution in [0.4, 0.5) is 0 Å². The minimum absolute atomic E-state index is 0.0213. The average molecular weight is 625 g/mol. The van der Waals surface area contributed by atoms with E-state index in [2.05, 4.69) is 40.7 Å². The van der Waals surface area contributed by atoms with Crippen molar-refractivity contribution in [3.63, 3.8) is 0 Å². The molecule has 8 unspecified atom stereocenters. The van der Waals surface area contributed by atoms with E-state index in [4.69, 9.17) is 9.47 Å². The molecule has 4 nitrogen and oxygen atoms in total. The number of allylic oxidation sites excluding steroid dienone is 2. The van der Waals surface area contributed by atoms with Gasteiger partial charge in [-0.15, -0.1) is 0 Å². The van der Waals surface area contributed by atoms with E-state index in [0.717, 1.165) is 70.4 Å². The molecule has 2 aromatic rings. The smallest absolute Gasteiger partial charge is 0.190 e. The van der Waals surface area contributed by atoms with Crippen LogP contribution in [0.15, 0.2) is 42.0 Å². The number of ketones is 1. The van der Waals surface area contributed by atoms with Crippen LogP contribution < -0.4 is 4.74 Å². The number of phenolic OH excluding ortho intramolecular Hbond substituents is 1. The summed E-state index contributed by atoms with van der Waals surface area (Å²) in [5, 5.41) is 12.1. The zero-order valence-corrected chi connectivity index (χ0v) is 28.9. The van der Waals surface area contributed by atoms with E-state index < -0.39 is 0 Å². The van der Waals surface area contributed by atoms with Crippen molar-refractivity contribution in [3.8, 4) is 11.5 Å². The highest BCUT2D eigenvalue weighted by molar-refractivity contribution is 6.22. The molecule has 7 rings (SSSR count). The Hall–Kier alpha value is -2.59. The molecule has 3 fully saturated rings. The van der Waals surface area contributed by atoms with Crippen molar-refractivity contribution in [2.24, 2.45) is 46.3 Å². The molecule has 0 bridgehead atoms. The van der Waals surface area contributed by atoms with E-state index in [1.807, 2.05) is 24.3 Å². The molecular formula is C42H56O4. The van der Waals surface area contributed by atoms with Gasteiger partial charge in [0.25, 0.3) is 0 Å². The quantitative estimate of drug-likeness (QED) is 0.211. The first-order chi connectivity index (χ1) is 22.1. The van der Waals surface area contributed by atoms with Gasteiger partial charge in [0.1, 0.15) is 18.1 Å². The van der Waals surface area contributed by atoms with E-state index in [0.29, 0.717) is 29.6 Å². The van der Waals surface area contributed by atoms with Crippen LogP contribution in [0.5, 0.6) is 11.5 Å². The second kappa shape index (κ2) is 12.5. The molecule has 0 amide bonds. The number of phenols is 1. The molecule has 4 heteroatoms. The molecule has 0 saturated heterocycles. The predicted molar refractivity (Wildman–Crippen MR) is 187 cm³/mol. The number of fused-ring (bicyclic) bond motifs is 5. The molecule has 0 radical (unpaired) electrons. The van der Waals surface area contributed by atoms with Gasteiger partial charge in [-0.05, 0) is 127 Å². The molecule has 0 heterocycles. The van der Waals surface area contributed by atoms with Crippen LogP contribution in [0, 0.1) is 46.3 Å². The SMILES string of the molecule is CC(C)CCCC(C)C1CCC2C3CC=C4CC(OCCOc5ccc6ccc(O)c7c6c5C=CC7=O)CCC4(C)C3CCC12C. The molecule has 0 aliphatic heterocycles. The van der Waals surface area contributed by atoms with E-state index in [1.165, 1.54) is 63.9 Å². The first kappa shape index (κ1) is 32.0. The third-order valence-corrected chi connectivity index (χ3v) is 13.8. The number of rotatable bonds is 10. The van der Waals surface area contributed by atoms with Crippen LogP contribution in [0.1, 0.15) is 121 Å². The van der Waals surface area contributed by atoms with Crippen molar-refractivity contribution in [1.29, 1.82) is 0 Å². The summed E-state index contributed by atoms with van der Waals surface area (Å²) in [4.78, 5) is 12.5. The Balaban J connectivity index is 0.957. The lowest BCUT2D eigenvalue weighted by Crippen LogP contribution is -2.51. The predicted octanol–water partition coefficient (Wildman–Crippen LogP) is 10.6. The fraction of sp³-hybridized carbons (Fsp3) is 0.643. The summed E-state index contributed by atoms with van der Waals surface area (Å²) in [7, 11) is 0. The summed E-state index contributed by atoms with van der Waals surface area (Å²) in [6, 6.07) is 7.37. The number of ether oxygens (including phenoxy) is 2. The Kier molecular flexibility index (Phi) is 8.66. The van der Waals surface area contributed by atoms with E-state index in [9.17, 15) is 9.90 Å². The van der Waals surface area contributed by atoms with Gasteiger partial charge in [0.15, 0.2) is 5.78 Å². The number of hydrogen-bond acceptors (Lipinski definition) is 4. The van der Waals surface area contributed by atoms with Crippen molar-refractivity contribution >= 4 is 22.6 Å². The Morgan fingerprint density at radius 1 is 0.935 bits per heavy atom. The number of carbonyl (C=O) groups is 1. The van der Waals surface area contributed by atoms with Crippen molar-refractivity contribution in [2.45, 2.75) is 111 Å². The molecule has 2 aromatic carbocycles. The van der Waals surface area contributed by atoms with Crippen LogP contribution in [-0.2, 0) is 4.74 Å². The van der Waals surface area contributed by atoms with Crippen molar-refractivity contribution in [3.05, 3.63) is 53.1 Å². The minimum atomic E-state index is -0.166. The van der Waals surface area contributed by atoms with Crippen LogP contribution in [0.25, 0.3) is 16.8 Å². The van der Waals surface area contributed by atoms with Gasteiger partial charge < -0.3 is 14.6 Å². The maximum absolute atomic E-state index is 12.5. The van der Waals surface area contributed by atoms with Gasteiger partial charge in [-0.25, -0.2) is 0 Å². The van der Waals surface area contributed by atoms with Crippen LogP contribution in [0.3, 0.4) is 0 Å². The fourth-order valence-corrected chi connectivity index (χ4v) is 11.4. The first-order valence-electron chi connectivity index (χ1n) is 18.5. The van der Waals surface area contributed by atoms with Crippen LogP contribution in [0.2, 0.25) is 0 Å². The highest BCUT2D eigenvalue weighted by Crippen LogP contribution is 2.67. The van der Waals surface area contributed by atoms with Gasteiger partial charge in [0.2, 0.25) is 0 Å². The Morgan fingerprint density at radius 3 is 2.59 bits per heavy atom. The fourth-order valence-electron chi connectivity index (χ4n) is 11.4. The standard InChI is InChI=1S/C42H56O4/c1-26(2)7-6-8-27(3)33-14-15-34-31-12-11-29-25-30(19-21-41(29,4)35(31)20-22-42(33,34)5)45-23-24-46-38-18-10-28-9-16-36(43)40-37(44)17-13-32(38)39(28)40/h9-11,13,16-18,26-27,30-31,33-35,43H,6-8,12,14-15,19-25H2,1-5H3. The molecule has 0 spiro atoms. The zero-order valence-electron chi connectivity index (χ0n) is 28.9. The monoisotopic (exact) mass is 624 g/mol. The summed E-state index contributed by atoms with van der Waals surface area (Å²) >= 11 is 0. The van der Waals surface area contributed by atoms with Gasteiger partial charge in [-0.3, -0.25) is 4.79 Å². The first-order valence-corrected chi connectivity index (χ1v) is 18.5. The molecule has 5 aliphatic rings. The maximum atomic E-state index is 12.5. The third-order valence-electron chi connectivity index (χ3n) is 13.8. The van der Waals surface area contributed by atoms with Gasteiger partial charge in [-0.1, -0.05) is 77.7 Å². The van der Waals surface area contributed by atoms with Crippen LogP contribution >= 0.6 is 0 Å². The second-order valence-electron chi connectivity index (χ2n) is 16.6. The lowest BCUT2D eigenvalue weighted by atomic mass is 9.47. The van der Waals surface area contributed by atoms with E-state index in [1.54, 1.807) is 11.6 Å². The van der Waals surface area contributed by atoms with Gasteiger partial charge in [0.05, 0.1) is 18.3 Å². The zero-order chi connectivity index (χ0) is 32.2. The molecule has 5 aliphatic carbocycles. The topological polar surface area (TPSA) is 55.8 Å². The Bertz CT molecular complexity index is 1530. The lowest BCUT2D eigenvalue weighted by molar-refractivity contribution is -0.0653. The molecule has 248 valence electrons. The van der Waals surface area contributed by atoms with Gasteiger partial charge in [0, 0.05) is 10.9 Å². The summed E-state index contributed by atoms with van der Waals surface area (Å²) in [6.45, 7) is 13.6. The van der Waals surface area contributed by atoms with Gasteiger partial charge >= 0.3 is 0 Å².